The summed E-state index contributed by atoms with van der Waals surface area (Å²) in [6.45, 7) is 3.78. The van der Waals surface area contributed by atoms with Gasteiger partial charge < -0.3 is 10.4 Å². The van der Waals surface area contributed by atoms with Crippen molar-refractivity contribution in [1.29, 1.82) is 0 Å². The molecule has 2 aromatic carbocycles. The average molecular weight is 440 g/mol. The van der Waals surface area contributed by atoms with Gasteiger partial charge in [-0.1, -0.05) is 42.5 Å². The number of nitrogens with zero attached hydrogens (tertiary/aromatic N) is 3. The van der Waals surface area contributed by atoms with Gasteiger partial charge in [0.25, 0.3) is 0 Å². The predicted molar refractivity (Wildman–Crippen MR) is 118 cm³/mol. The normalized spacial score (nSPS) is 18.5. The summed E-state index contributed by atoms with van der Waals surface area (Å²) in [6.07, 6.45) is 4.41. The molecule has 1 aromatic heterocycles. The molecule has 0 radical (unpaired) electrons. The molecule has 1 aliphatic rings. The first-order chi connectivity index (χ1) is 14.8. The Kier molecular flexibility index (Phi) is 5.67. The Morgan fingerprint density at radius 1 is 1.10 bits per heavy atom. The molecule has 0 saturated heterocycles. The molecular weight excluding hydrogens is 416 g/mol. The standard InChI is InChI=1S/C22H23N4O4S/c1-15-22(16(2)25(23-15)20-10-6-7-11-21(20)26(27)28)17-12-13-18(14-17)24-31(29,30)19-8-4-3-5-9-19/h3-13,17-18,24,27H,14H2,1-2H3/q-1. The SMILES string of the molecule is Cc1nn(-c2ccccc2N([O-])O)c(C)c1C1C=CC(NS(=O)(=O)c2ccccc2)C1. The Bertz CT molecular complexity index is 1220. The lowest BCUT2D eigenvalue weighted by atomic mass is 9.96. The van der Waals surface area contributed by atoms with Gasteiger partial charge in [0.15, 0.2) is 0 Å². The third-order valence-electron chi connectivity index (χ3n) is 5.48. The van der Waals surface area contributed by atoms with E-state index in [0.29, 0.717) is 12.1 Å². The number of para-hydroxylation sites is 2. The minimum Gasteiger partial charge on any atom is -0.733 e. The summed E-state index contributed by atoms with van der Waals surface area (Å²) in [5.41, 5.74) is 3.14. The van der Waals surface area contributed by atoms with Gasteiger partial charge >= 0.3 is 0 Å². The lowest BCUT2D eigenvalue weighted by Crippen LogP contribution is -2.32. The van der Waals surface area contributed by atoms with Crippen LogP contribution >= 0.6 is 0 Å². The van der Waals surface area contributed by atoms with E-state index in [0.717, 1.165) is 17.0 Å². The summed E-state index contributed by atoms with van der Waals surface area (Å²) in [5, 5.41) is 25.4. The maximum Gasteiger partial charge on any atom is 0.241 e. The predicted octanol–water partition coefficient (Wildman–Crippen LogP) is 3.57. The summed E-state index contributed by atoms with van der Waals surface area (Å²) in [7, 11) is -3.61. The van der Waals surface area contributed by atoms with Crippen LogP contribution in [-0.2, 0) is 10.0 Å². The van der Waals surface area contributed by atoms with Crippen LogP contribution < -0.4 is 9.95 Å². The molecule has 0 bridgehead atoms. The Hall–Kier alpha value is -2.98. The lowest BCUT2D eigenvalue weighted by molar-refractivity contribution is 0.296. The van der Waals surface area contributed by atoms with Crippen molar-refractivity contribution in [1.82, 2.24) is 14.5 Å². The number of aromatic nitrogens is 2. The summed E-state index contributed by atoms with van der Waals surface area (Å²) in [4.78, 5) is 0.231. The smallest absolute Gasteiger partial charge is 0.241 e. The van der Waals surface area contributed by atoms with Gasteiger partial charge in [0, 0.05) is 23.2 Å². The van der Waals surface area contributed by atoms with Crippen molar-refractivity contribution in [3.05, 3.63) is 88.9 Å². The van der Waals surface area contributed by atoms with Gasteiger partial charge in [0.05, 0.1) is 22.0 Å². The number of benzene rings is 2. The van der Waals surface area contributed by atoms with Crippen molar-refractivity contribution in [3.63, 3.8) is 0 Å². The number of hydrogen-bond acceptors (Lipinski definition) is 6. The molecule has 2 atom stereocenters. The van der Waals surface area contributed by atoms with Gasteiger partial charge in [-0.25, -0.2) is 17.8 Å². The maximum atomic E-state index is 12.6. The molecule has 0 aliphatic heterocycles. The zero-order valence-electron chi connectivity index (χ0n) is 17.1. The first-order valence-electron chi connectivity index (χ1n) is 9.85. The third kappa shape index (κ3) is 4.13. The fraction of sp³-hybridized carbons (Fsp3) is 0.227. The first-order valence-corrected chi connectivity index (χ1v) is 11.3. The van der Waals surface area contributed by atoms with Crippen molar-refractivity contribution in [2.24, 2.45) is 0 Å². The van der Waals surface area contributed by atoms with Gasteiger partial charge in [-0.3, -0.25) is 5.21 Å². The number of sulfonamides is 1. The number of allylic oxidation sites excluding steroid dienone is 1. The zero-order chi connectivity index (χ0) is 22.2. The highest BCUT2D eigenvalue weighted by Crippen LogP contribution is 2.35. The number of hydrogen-bond donors (Lipinski definition) is 2. The monoisotopic (exact) mass is 439 g/mol. The van der Waals surface area contributed by atoms with Crippen LogP contribution in [0, 0.1) is 19.1 Å². The Labute approximate surface area is 181 Å². The number of rotatable bonds is 6. The molecule has 0 saturated carbocycles. The van der Waals surface area contributed by atoms with Gasteiger partial charge in [-0.05, 0) is 44.5 Å². The van der Waals surface area contributed by atoms with Crippen molar-refractivity contribution in [3.8, 4) is 5.69 Å². The highest BCUT2D eigenvalue weighted by molar-refractivity contribution is 7.89. The molecule has 3 aromatic rings. The van der Waals surface area contributed by atoms with E-state index in [9.17, 15) is 18.8 Å². The van der Waals surface area contributed by atoms with Crippen LogP contribution in [0.2, 0.25) is 0 Å². The first kappa shape index (κ1) is 21.3. The van der Waals surface area contributed by atoms with E-state index in [1.54, 1.807) is 53.2 Å². The molecule has 9 heteroatoms. The molecular formula is C22H23N4O4S-. The van der Waals surface area contributed by atoms with Crippen LogP contribution in [0.5, 0.6) is 0 Å². The Morgan fingerprint density at radius 2 is 1.77 bits per heavy atom. The molecule has 1 heterocycles. The largest absolute Gasteiger partial charge is 0.733 e. The van der Waals surface area contributed by atoms with Crippen molar-refractivity contribution in [2.75, 3.05) is 5.23 Å². The summed E-state index contributed by atoms with van der Waals surface area (Å²) >= 11 is 0. The topological polar surface area (TPSA) is 111 Å². The molecule has 31 heavy (non-hydrogen) atoms. The second-order valence-corrected chi connectivity index (χ2v) is 9.24. The van der Waals surface area contributed by atoms with Crippen LogP contribution in [0.1, 0.15) is 29.3 Å². The number of anilines is 1. The fourth-order valence-corrected chi connectivity index (χ4v) is 5.32. The minimum atomic E-state index is -3.61. The Morgan fingerprint density at radius 3 is 2.48 bits per heavy atom. The van der Waals surface area contributed by atoms with E-state index in [4.69, 9.17) is 0 Å². The molecule has 4 rings (SSSR count). The van der Waals surface area contributed by atoms with Gasteiger partial charge in [0.1, 0.15) is 0 Å². The fourth-order valence-electron chi connectivity index (χ4n) is 4.10. The van der Waals surface area contributed by atoms with Gasteiger partial charge in [-0.15, -0.1) is 0 Å². The zero-order valence-corrected chi connectivity index (χ0v) is 18.0. The highest BCUT2D eigenvalue weighted by Gasteiger charge is 2.29. The second-order valence-electron chi connectivity index (χ2n) is 7.53. The van der Waals surface area contributed by atoms with E-state index >= 15 is 0 Å². The highest BCUT2D eigenvalue weighted by atomic mass is 32.2. The molecule has 1 aliphatic carbocycles. The summed E-state index contributed by atoms with van der Waals surface area (Å²) in [5.74, 6) is -0.0260. The van der Waals surface area contributed by atoms with Crippen molar-refractivity contribution >= 4 is 15.7 Å². The molecule has 8 nitrogen and oxygen atoms in total. The Balaban J connectivity index is 1.58. The summed E-state index contributed by atoms with van der Waals surface area (Å²) in [6, 6.07) is 14.6. The molecule has 2 N–H and O–H groups in total. The second kappa shape index (κ2) is 8.27. The lowest BCUT2D eigenvalue weighted by Gasteiger charge is -2.24. The van der Waals surface area contributed by atoms with E-state index in [1.807, 2.05) is 26.0 Å². The van der Waals surface area contributed by atoms with Crippen LogP contribution in [0.15, 0.2) is 71.6 Å². The molecule has 162 valence electrons. The van der Waals surface area contributed by atoms with Crippen LogP contribution in [0.4, 0.5) is 5.69 Å². The van der Waals surface area contributed by atoms with E-state index in [2.05, 4.69) is 9.82 Å². The maximum absolute atomic E-state index is 12.6. The molecule has 2 unspecified atom stereocenters. The third-order valence-corrected chi connectivity index (χ3v) is 6.98. The van der Waals surface area contributed by atoms with Crippen LogP contribution in [0.25, 0.3) is 5.69 Å². The summed E-state index contributed by atoms with van der Waals surface area (Å²) < 4.78 is 29.7. The van der Waals surface area contributed by atoms with E-state index in [-0.39, 0.29) is 27.8 Å². The van der Waals surface area contributed by atoms with Crippen LogP contribution in [-0.4, -0.2) is 29.4 Å². The van der Waals surface area contributed by atoms with E-state index < -0.39 is 10.0 Å². The quantitative estimate of drug-likeness (QED) is 0.449. The van der Waals surface area contributed by atoms with Crippen LogP contribution in [0.3, 0.4) is 0 Å². The molecule has 0 spiro atoms. The molecule has 0 fully saturated rings. The number of nitrogens with one attached hydrogen (secondary N) is 1. The van der Waals surface area contributed by atoms with Crippen molar-refractivity contribution in [2.45, 2.75) is 37.1 Å². The average Bonchev–Trinajstić information content (AvgIpc) is 3.31. The molecule has 0 amide bonds. The van der Waals surface area contributed by atoms with Gasteiger partial charge in [-0.2, -0.15) is 5.10 Å². The number of aryl methyl sites for hydroxylation is 1. The minimum absolute atomic E-state index is 0.0260. The van der Waals surface area contributed by atoms with Gasteiger partial charge in [0.2, 0.25) is 10.0 Å². The van der Waals surface area contributed by atoms with E-state index in [1.165, 1.54) is 6.07 Å². The van der Waals surface area contributed by atoms with Crippen molar-refractivity contribution < 1.29 is 13.6 Å².